The van der Waals surface area contributed by atoms with Crippen LogP contribution in [0.1, 0.15) is 44.1 Å². The Hall–Kier alpha value is -1.89. The summed E-state index contributed by atoms with van der Waals surface area (Å²) in [6.07, 6.45) is 0.746. The lowest BCUT2D eigenvalue weighted by Crippen LogP contribution is -2.44. The van der Waals surface area contributed by atoms with Gasteiger partial charge in [0.2, 0.25) is 5.91 Å². The maximum absolute atomic E-state index is 12.8. The van der Waals surface area contributed by atoms with Crippen molar-refractivity contribution in [3.63, 3.8) is 0 Å². The lowest BCUT2D eigenvalue weighted by Gasteiger charge is -2.25. The third kappa shape index (κ3) is 3.45. The molecule has 0 aromatic heterocycles. The normalized spacial score (nSPS) is 23.1. The van der Waals surface area contributed by atoms with E-state index in [2.05, 4.69) is 5.32 Å². The third-order valence-electron chi connectivity index (χ3n) is 4.62. The fourth-order valence-corrected chi connectivity index (χ4v) is 3.41. The number of nitrogens with zero attached hydrogens (tertiary/aromatic N) is 1. The second kappa shape index (κ2) is 6.55. The van der Waals surface area contributed by atoms with Gasteiger partial charge in [-0.05, 0) is 31.0 Å². The highest BCUT2D eigenvalue weighted by molar-refractivity contribution is 6.22. The lowest BCUT2D eigenvalue weighted by molar-refractivity contribution is -0.137. The molecule has 3 rings (SSSR count). The molecule has 2 aliphatic rings. The highest BCUT2D eigenvalue weighted by Crippen LogP contribution is 2.33. The monoisotopic (exact) mass is 340 g/mol. The van der Waals surface area contributed by atoms with Crippen LogP contribution in [-0.4, -0.2) is 23.9 Å². The summed E-state index contributed by atoms with van der Waals surface area (Å²) in [4.78, 5) is 25.6. The van der Waals surface area contributed by atoms with Gasteiger partial charge in [-0.3, -0.25) is 9.59 Å². The molecule has 1 heterocycles. The Bertz CT molecular complexity index is 639. The molecule has 4 nitrogen and oxygen atoms in total. The number of halogens is 3. The fourth-order valence-electron chi connectivity index (χ4n) is 3.41. The topological polar surface area (TPSA) is 49.4 Å². The molecule has 7 heteroatoms. The molecular formula is C17H19F3N2O2. The van der Waals surface area contributed by atoms with Crippen molar-refractivity contribution in [2.45, 2.75) is 56.8 Å². The van der Waals surface area contributed by atoms with Crippen molar-refractivity contribution >= 4 is 17.5 Å². The Balaban J connectivity index is 1.77. The molecule has 0 bridgehead atoms. The summed E-state index contributed by atoms with van der Waals surface area (Å²) in [6.45, 7) is 0. The minimum atomic E-state index is -4.51. The summed E-state index contributed by atoms with van der Waals surface area (Å²) in [6, 6.07) is 3.89. The molecule has 2 amide bonds. The highest BCUT2D eigenvalue weighted by atomic mass is 19.4. The predicted octanol–water partition coefficient (Wildman–Crippen LogP) is 3.26. The predicted molar refractivity (Wildman–Crippen MR) is 82.4 cm³/mol. The van der Waals surface area contributed by atoms with Crippen LogP contribution in [0.15, 0.2) is 24.3 Å². The molecule has 1 aliphatic heterocycles. The van der Waals surface area contributed by atoms with Crippen molar-refractivity contribution in [2.24, 2.45) is 0 Å². The van der Waals surface area contributed by atoms with E-state index < -0.39 is 29.6 Å². The Kier molecular flexibility index (Phi) is 4.62. The molecule has 1 N–H and O–H groups in total. The van der Waals surface area contributed by atoms with Gasteiger partial charge in [0.1, 0.15) is 0 Å². The number of nitrogens with one attached hydrogen (secondary N) is 1. The van der Waals surface area contributed by atoms with E-state index in [-0.39, 0.29) is 18.2 Å². The van der Waals surface area contributed by atoms with Crippen LogP contribution in [0.4, 0.5) is 18.9 Å². The number of benzene rings is 1. The summed E-state index contributed by atoms with van der Waals surface area (Å²) in [7, 11) is 0. The number of amides is 2. The molecule has 1 atom stereocenters. The molecule has 2 fully saturated rings. The number of anilines is 1. The van der Waals surface area contributed by atoms with Crippen molar-refractivity contribution in [2.75, 3.05) is 4.90 Å². The first-order valence-electron chi connectivity index (χ1n) is 8.16. The Morgan fingerprint density at radius 1 is 1.08 bits per heavy atom. The molecule has 1 aromatic rings. The summed E-state index contributed by atoms with van der Waals surface area (Å²) < 4.78 is 38.5. The van der Waals surface area contributed by atoms with E-state index >= 15 is 0 Å². The van der Waals surface area contributed by atoms with Gasteiger partial charge in [0.25, 0.3) is 5.91 Å². The first-order valence-corrected chi connectivity index (χ1v) is 8.16. The Morgan fingerprint density at radius 2 is 1.79 bits per heavy atom. The lowest BCUT2D eigenvalue weighted by atomic mass is 9.95. The number of carbonyl (C=O) groups is 2. The molecule has 0 unspecified atom stereocenters. The van der Waals surface area contributed by atoms with Gasteiger partial charge in [0.15, 0.2) is 0 Å². The van der Waals surface area contributed by atoms with Gasteiger partial charge >= 0.3 is 6.18 Å². The van der Waals surface area contributed by atoms with Crippen LogP contribution in [0.3, 0.4) is 0 Å². The van der Waals surface area contributed by atoms with Gasteiger partial charge < -0.3 is 5.32 Å². The molecule has 1 aliphatic carbocycles. The maximum atomic E-state index is 12.8. The second-order valence-electron chi connectivity index (χ2n) is 6.37. The van der Waals surface area contributed by atoms with E-state index in [9.17, 15) is 22.8 Å². The van der Waals surface area contributed by atoms with E-state index in [0.29, 0.717) is 0 Å². The van der Waals surface area contributed by atoms with E-state index in [1.54, 1.807) is 0 Å². The molecule has 1 aromatic carbocycles. The molecular weight excluding hydrogens is 321 g/mol. The van der Waals surface area contributed by atoms with Crippen molar-refractivity contribution in [1.82, 2.24) is 5.32 Å². The van der Waals surface area contributed by atoms with Gasteiger partial charge in [-0.15, -0.1) is 0 Å². The maximum Gasteiger partial charge on any atom is 0.416 e. The zero-order valence-electron chi connectivity index (χ0n) is 13.1. The summed E-state index contributed by atoms with van der Waals surface area (Å²) in [5, 5.41) is 3.21. The van der Waals surface area contributed by atoms with Gasteiger partial charge in [-0.25, -0.2) is 4.90 Å². The number of rotatable bonds is 3. The number of carbonyl (C=O) groups excluding carboxylic acids is 2. The van der Waals surface area contributed by atoms with Gasteiger partial charge in [-0.1, -0.05) is 25.3 Å². The SMILES string of the molecule is O=C1C[C@H](NC2CCCCC2)C(=O)N1c1cccc(C(F)(F)F)c1. The number of hydrogen-bond donors (Lipinski definition) is 1. The van der Waals surface area contributed by atoms with E-state index in [1.165, 1.54) is 18.6 Å². The van der Waals surface area contributed by atoms with Gasteiger partial charge in [0.05, 0.1) is 23.7 Å². The van der Waals surface area contributed by atoms with Crippen LogP contribution in [0, 0.1) is 0 Å². The number of hydrogen-bond acceptors (Lipinski definition) is 3. The Labute approximate surface area is 138 Å². The molecule has 1 saturated carbocycles. The van der Waals surface area contributed by atoms with E-state index in [4.69, 9.17) is 0 Å². The minimum Gasteiger partial charge on any atom is -0.303 e. The molecule has 0 radical (unpaired) electrons. The first-order chi connectivity index (χ1) is 11.4. The van der Waals surface area contributed by atoms with Gasteiger partial charge in [0, 0.05) is 6.04 Å². The summed E-state index contributed by atoms with van der Waals surface area (Å²) in [5.74, 6) is -0.933. The van der Waals surface area contributed by atoms with Crippen LogP contribution < -0.4 is 10.2 Å². The van der Waals surface area contributed by atoms with Crippen molar-refractivity contribution in [3.05, 3.63) is 29.8 Å². The second-order valence-corrected chi connectivity index (χ2v) is 6.37. The standard InChI is InChI=1S/C17H19F3N2O2/c18-17(19,20)11-5-4-8-13(9-11)22-15(23)10-14(16(22)24)21-12-6-2-1-3-7-12/h4-5,8-9,12,14,21H,1-3,6-7,10H2/t14-/m0/s1. The van der Waals surface area contributed by atoms with E-state index in [0.717, 1.165) is 42.7 Å². The van der Waals surface area contributed by atoms with Crippen LogP contribution in [0.2, 0.25) is 0 Å². The van der Waals surface area contributed by atoms with Crippen LogP contribution in [-0.2, 0) is 15.8 Å². The highest BCUT2D eigenvalue weighted by Gasteiger charge is 2.41. The quantitative estimate of drug-likeness (QED) is 0.859. The summed E-state index contributed by atoms with van der Waals surface area (Å²) in [5.41, 5.74) is -0.892. The largest absolute Gasteiger partial charge is 0.416 e. The minimum absolute atomic E-state index is 0.00835. The van der Waals surface area contributed by atoms with Crippen molar-refractivity contribution in [3.8, 4) is 0 Å². The summed E-state index contributed by atoms with van der Waals surface area (Å²) >= 11 is 0. The smallest absolute Gasteiger partial charge is 0.303 e. The molecule has 1 saturated heterocycles. The van der Waals surface area contributed by atoms with Crippen LogP contribution in [0.25, 0.3) is 0 Å². The van der Waals surface area contributed by atoms with Crippen LogP contribution >= 0.6 is 0 Å². The average molecular weight is 340 g/mol. The van der Waals surface area contributed by atoms with Gasteiger partial charge in [-0.2, -0.15) is 13.2 Å². The zero-order chi connectivity index (χ0) is 17.3. The first kappa shape index (κ1) is 17.0. The molecule has 130 valence electrons. The number of alkyl halides is 3. The fraction of sp³-hybridized carbons (Fsp3) is 0.529. The third-order valence-corrected chi connectivity index (χ3v) is 4.62. The molecule has 0 spiro atoms. The molecule has 24 heavy (non-hydrogen) atoms. The van der Waals surface area contributed by atoms with Crippen molar-refractivity contribution in [1.29, 1.82) is 0 Å². The Morgan fingerprint density at radius 3 is 2.46 bits per heavy atom. The van der Waals surface area contributed by atoms with Crippen LogP contribution in [0.5, 0.6) is 0 Å². The van der Waals surface area contributed by atoms with Crippen molar-refractivity contribution < 1.29 is 22.8 Å². The average Bonchev–Trinajstić information content (AvgIpc) is 2.82. The number of imide groups is 1. The van der Waals surface area contributed by atoms with E-state index in [1.807, 2.05) is 0 Å². The zero-order valence-corrected chi connectivity index (χ0v) is 13.1.